The second-order valence-corrected chi connectivity index (χ2v) is 4.58. The Morgan fingerprint density at radius 2 is 2.11 bits per heavy atom. The van der Waals surface area contributed by atoms with Crippen LogP contribution >= 0.6 is 0 Å². The smallest absolute Gasteiger partial charge is 0.267 e. The maximum atomic E-state index is 12.0. The molecule has 19 heavy (non-hydrogen) atoms. The second kappa shape index (κ2) is 6.83. The average molecular weight is 257 g/mol. The highest BCUT2D eigenvalue weighted by Gasteiger charge is 2.07. The van der Waals surface area contributed by atoms with Gasteiger partial charge in [-0.2, -0.15) is 4.68 Å². The Hall–Kier alpha value is -1.97. The first-order valence-electron chi connectivity index (χ1n) is 6.84. The summed E-state index contributed by atoms with van der Waals surface area (Å²) in [6.07, 6.45) is 9.31. The lowest BCUT2D eigenvalue weighted by atomic mass is 10.1. The van der Waals surface area contributed by atoms with Crippen molar-refractivity contribution in [2.75, 3.05) is 0 Å². The maximum Gasteiger partial charge on any atom is 0.272 e. The van der Waals surface area contributed by atoms with Crippen LogP contribution in [0.4, 0.5) is 0 Å². The molecule has 0 amide bonds. The number of hydrogen-bond acceptors (Lipinski definition) is 3. The third-order valence-electron chi connectivity index (χ3n) is 3.05. The molecule has 0 spiro atoms. The molecule has 0 saturated heterocycles. The van der Waals surface area contributed by atoms with E-state index in [9.17, 15) is 4.79 Å². The van der Waals surface area contributed by atoms with E-state index < -0.39 is 0 Å². The fraction of sp³-hybridized carbons (Fsp3) is 0.400. The lowest BCUT2D eigenvalue weighted by molar-refractivity contribution is 0.0957. The van der Waals surface area contributed by atoms with Crippen molar-refractivity contribution in [3.05, 3.63) is 36.4 Å². The van der Waals surface area contributed by atoms with E-state index in [0.717, 1.165) is 23.9 Å². The van der Waals surface area contributed by atoms with Crippen LogP contribution in [0.5, 0.6) is 0 Å². The van der Waals surface area contributed by atoms with Gasteiger partial charge in [0.2, 0.25) is 0 Å². The molecule has 4 heteroatoms. The molecule has 1 heterocycles. The Balaban J connectivity index is 1.94. The quantitative estimate of drug-likeness (QED) is 0.587. The molecule has 4 nitrogen and oxygen atoms in total. The number of carbonyl (C=O) groups is 1. The molecule has 100 valence electrons. The van der Waals surface area contributed by atoms with Crippen molar-refractivity contribution < 1.29 is 4.79 Å². The van der Waals surface area contributed by atoms with Crippen LogP contribution in [0.2, 0.25) is 0 Å². The number of carbonyl (C=O) groups excluding carboxylic acids is 1. The lowest BCUT2D eigenvalue weighted by Gasteiger charge is -1.96. The Kier molecular flexibility index (Phi) is 4.84. The molecule has 0 aliphatic carbocycles. The Morgan fingerprint density at radius 3 is 2.95 bits per heavy atom. The van der Waals surface area contributed by atoms with E-state index in [2.05, 4.69) is 17.2 Å². The highest BCUT2D eigenvalue weighted by molar-refractivity contribution is 5.95. The fourth-order valence-corrected chi connectivity index (χ4v) is 1.98. The summed E-state index contributed by atoms with van der Waals surface area (Å²) in [6, 6.07) is 7.46. The van der Waals surface area contributed by atoms with Gasteiger partial charge in [-0.15, -0.1) is 5.10 Å². The fourth-order valence-electron chi connectivity index (χ4n) is 1.98. The summed E-state index contributed by atoms with van der Waals surface area (Å²) in [5.74, 6) is -0.135. The van der Waals surface area contributed by atoms with Gasteiger partial charge >= 0.3 is 0 Å². The van der Waals surface area contributed by atoms with Gasteiger partial charge < -0.3 is 0 Å². The first-order valence-corrected chi connectivity index (χ1v) is 6.84. The predicted molar refractivity (Wildman–Crippen MR) is 76.1 cm³/mol. The molecule has 1 aromatic carbocycles. The molecular formula is C15H19N3O. The number of aromatic nitrogens is 3. The SMILES string of the molecule is CCCCCC/C=C/C(=O)n1nnc2ccccc21. The minimum Gasteiger partial charge on any atom is -0.267 e. The maximum absolute atomic E-state index is 12.0. The van der Waals surface area contributed by atoms with Crippen molar-refractivity contribution in [3.8, 4) is 0 Å². The number of nitrogens with zero attached hydrogens (tertiary/aromatic N) is 3. The van der Waals surface area contributed by atoms with Gasteiger partial charge in [0.25, 0.3) is 5.91 Å². The van der Waals surface area contributed by atoms with Crippen molar-refractivity contribution in [3.63, 3.8) is 0 Å². The van der Waals surface area contributed by atoms with Gasteiger partial charge in [0.05, 0.1) is 5.52 Å². The summed E-state index contributed by atoms with van der Waals surface area (Å²) in [5.41, 5.74) is 1.50. The van der Waals surface area contributed by atoms with Crippen LogP contribution < -0.4 is 0 Å². The Bertz CT molecular complexity index is 572. The number of allylic oxidation sites excluding steroid dienone is 2. The third kappa shape index (κ3) is 3.50. The molecular weight excluding hydrogens is 238 g/mol. The topological polar surface area (TPSA) is 47.8 Å². The van der Waals surface area contributed by atoms with E-state index >= 15 is 0 Å². The third-order valence-corrected chi connectivity index (χ3v) is 3.05. The molecule has 2 rings (SSSR count). The van der Waals surface area contributed by atoms with Crippen LogP contribution in [0, 0.1) is 0 Å². The van der Waals surface area contributed by atoms with Gasteiger partial charge in [-0.1, -0.05) is 49.6 Å². The standard InChI is InChI=1S/C15H19N3O/c1-2-3-4-5-6-7-12-15(19)18-14-11-9-8-10-13(14)16-17-18/h7-12H,2-6H2,1H3/b12-7+. The number of fused-ring (bicyclic) bond motifs is 1. The molecule has 0 unspecified atom stereocenters. The summed E-state index contributed by atoms with van der Waals surface area (Å²) < 4.78 is 1.35. The number of hydrogen-bond donors (Lipinski definition) is 0. The normalized spacial score (nSPS) is 11.4. The minimum atomic E-state index is -0.135. The highest BCUT2D eigenvalue weighted by Crippen LogP contribution is 2.10. The van der Waals surface area contributed by atoms with Crippen LogP contribution in [0.3, 0.4) is 0 Å². The number of unbranched alkanes of at least 4 members (excludes halogenated alkanes) is 4. The van der Waals surface area contributed by atoms with Crippen LogP contribution in [0.25, 0.3) is 11.0 Å². The van der Waals surface area contributed by atoms with E-state index in [0.29, 0.717) is 0 Å². The van der Waals surface area contributed by atoms with Gasteiger partial charge in [0.15, 0.2) is 0 Å². The van der Waals surface area contributed by atoms with E-state index in [1.807, 2.05) is 30.3 Å². The molecule has 0 saturated carbocycles. The van der Waals surface area contributed by atoms with Gasteiger partial charge in [0, 0.05) is 6.08 Å². The van der Waals surface area contributed by atoms with Crippen molar-refractivity contribution in [2.45, 2.75) is 39.0 Å². The van der Waals surface area contributed by atoms with E-state index in [1.54, 1.807) is 6.08 Å². The number of rotatable bonds is 6. The van der Waals surface area contributed by atoms with Crippen LogP contribution in [-0.2, 0) is 0 Å². The van der Waals surface area contributed by atoms with Gasteiger partial charge in [-0.25, -0.2) is 0 Å². The van der Waals surface area contributed by atoms with Crippen LogP contribution in [-0.4, -0.2) is 20.9 Å². The largest absolute Gasteiger partial charge is 0.272 e. The molecule has 2 aromatic rings. The molecule has 1 aromatic heterocycles. The summed E-state index contributed by atoms with van der Waals surface area (Å²) in [5, 5.41) is 7.86. The monoisotopic (exact) mass is 257 g/mol. The van der Waals surface area contributed by atoms with E-state index in [4.69, 9.17) is 0 Å². The van der Waals surface area contributed by atoms with Crippen molar-refractivity contribution in [2.24, 2.45) is 0 Å². The van der Waals surface area contributed by atoms with Crippen molar-refractivity contribution in [1.29, 1.82) is 0 Å². The van der Waals surface area contributed by atoms with Crippen LogP contribution in [0.1, 0.15) is 43.8 Å². The number of para-hydroxylation sites is 1. The highest BCUT2D eigenvalue weighted by atomic mass is 16.2. The van der Waals surface area contributed by atoms with Gasteiger partial charge in [-0.3, -0.25) is 4.79 Å². The molecule has 0 atom stereocenters. The number of benzene rings is 1. The minimum absolute atomic E-state index is 0.135. The molecule has 0 fully saturated rings. The predicted octanol–water partition coefficient (Wildman–Crippen LogP) is 3.60. The summed E-state index contributed by atoms with van der Waals surface area (Å²) in [6.45, 7) is 2.19. The molecule has 0 radical (unpaired) electrons. The van der Waals surface area contributed by atoms with E-state index in [1.165, 1.54) is 23.9 Å². The van der Waals surface area contributed by atoms with Crippen molar-refractivity contribution >= 4 is 16.9 Å². The zero-order valence-corrected chi connectivity index (χ0v) is 11.2. The van der Waals surface area contributed by atoms with E-state index in [-0.39, 0.29) is 5.91 Å². The lowest BCUT2D eigenvalue weighted by Crippen LogP contribution is -2.08. The van der Waals surface area contributed by atoms with Crippen LogP contribution in [0.15, 0.2) is 36.4 Å². The van der Waals surface area contributed by atoms with Gasteiger partial charge in [-0.05, 0) is 25.0 Å². The molecule has 0 N–H and O–H groups in total. The Morgan fingerprint density at radius 1 is 1.26 bits per heavy atom. The van der Waals surface area contributed by atoms with Gasteiger partial charge in [0.1, 0.15) is 5.52 Å². The second-order valence-electron chi connectivity index (χ2n) is 4.58. The zero-order chi connectivity index (χ0) is 13.5. The zero-order valence-electron chi connectivity index (χ0n) is 11.2. The average Bonchev–Trinajstić information content (AvgIpc) is 2.86. The first kappa shape index (κ1) is 13.5. The molecule has 0 aliphatic heterocycles. The van der Waals surface area contributed by atoms with Crippen molar-refractivity contribution in [1.82, 2.24) is 15.0 Å². The first-order chi connectivity index (χ1) is 9.33. The summed E-state index contributed by atoms with van der Waals surface area (Å²) in [4.78, 5) is 12.0. The summed E-state index contributed by atoms with van der Waals surface area (Å²) in [7, 11) is 0. The summed E-state index contributed by atoms with van der Waals surface area (Å²) >= 11 is 0. The molecule has 0 bridgehead atoms. The Labute approximate surface area is 113 Å². The molecule has 0 aliphatic rings.